The molecule has 2 N–H and O–H groups in total. The van der Waals surface area contributed by atoms with E-state index in [0.717, 1.165) is 17.5 Å². The molecule has 0 saturated carbocycles. The molecule has 0 radical (unpaired) electrons. The van der Waals surface area contributed by atoms with Gasteiger partial charge in [-0.2, -0.15) is 0 Å². The number of methoxy groups -OCH3 is 1. The van der Waals surface area contributed by atoms with Crippen LogP contribution in [0.25, 0.3) is 5.70 Å². The third-order valence-corrected chi connectivity index (χ3v) is 2.96. The van der Waals surface area contributed by atoms with Crippen LogP contribution in [-0.2, 0) is 11.2 Å². The van der Waals surface area contributed by atoms with Crippen LogP contribution in [0, 0.1) is 0 Å². The van der Waals surface area contributed by atoms with Crippen LogP contribution in [0.2, 0.25) is 0 Å². The molecule has 2 rings (SSSR count). The van der Waals surface area contributed by atoms with Gasteiger partial charge in [-0.25, -0.2) is 4.79 Å². The van der Waals surface area contributed by atoms with Crippen molar-refractivity contribution in [1.82, 2.24) is 5.32 Å². The van der Waals surface area contributed by atoms with Crippen molar-refractivity contribution in [2.45, 2.75) is 13.3 Å². The highest BCUT2D eigenvalue weighted by Gasteiger charge is 2.18. The zero-order valence-electron chi connectivity index (χ0n) is 11.0. The van der Waals surface area contributed by atoms with Gasteiger partial charge in [-0.1, -0.05) is 0 Å². The van der Waals surface area contributed by atoms with Crippen molar-refractivity contribution in [3.63, 3.8) is 0 Å². The first kappa shape index (κ1) is 13.3. The van der Waals surface area contributed by atoms with Crippen LogP contribution in [0.4, 0.5) is 0 Å². The van der Waals surface area contributed by atoms with E-state index in [0.29, 0.717) is 30.3 Å². The molecule has 19 heavy (non-hydrogen) atoms. The van der Waals surface area contributed by atoms with Crippen molar-refractivity contribution in [2.75, 3.05) is 20.3 Å². The number of carbonyl (C=O) groups is 1. The monoisotopic (exact) mass is 263 g/mol. The summed E-state index contributed by atoms with van der Waals surface area (Å²) in [7, 11) is 1.57. The van der Waals surface area contributed by atoms with E-state index in [9.17, 15) is 4.79 Å². The van der Waals surface area contributed by atoms with Crippen LogP contribution in [0.5, 0.6) is 11.5 Å². The van der Waals surface area contributed by atoms with Crippen molar-refractivity contribution >= 4 is 11.7 Å². The van der Waals surface area contributed by atoms with E-state index >= 15 is 0 Å². The van der Waals surface area contributed by atoms with E-state index in [1.54, 1.807) is 7.11 Å². The number of nitrogens with one attached hydrogen (secondary N) is 1. The standard InChI is InChI=1S/C14H17NO4/c1-3-19-13-6-9-4-5-15-11(8-14(16)17)10(9)7-12(13)18-2/h6-8,15H,3-5H2,1-2H3,(H,16,17). The molecule has 0 spiro atoms. The van der Waals surface area contributed by atoms with Crippen molar-refractivity contribution in [3.8, 4) is 11.5 Å². The molecule has 0 fully saturated rings. The lowest BCUT2D eigenvalue weighted by Gasteiger charge is -2.23. The van der Waals surface area contributed by atoms with Gasteiger partial charge in [0.25, 0.3) is 0 Å². The van der Waals surface area contributed by atoms with Gasteiger partial charge in [-0.3, -0.25) is 0 Å². The first-order valence-corrected chi connectivity index (χ1v) is 6.18. The fourth-order valence-electron chi connectivity index (χ4n) is 2.17. The number of rotatable bonds is 4. The molecular formula is C14H17NO4. The van der Waals surface area contributed by atoms with Crippen LogP contribution in [0.1, 0.15) is 18.1 Å². The molecule has 102 valence electrons. The lowest BCUT2D eigenvalue weighted by Crippen LogP contribution is -2.23. The van der Waals surface area contributed by atoms with Crippen molar-refractivity contribution in [3.05, 3.63) is 29.3 Å². The molecule has 0 bridgehead atoms. The molecule has 1 aromatic carbocycles. The van der Waals surface area contributed by atoms with Crippen LogP contribution >= 0.6 is 0 Å². The minimum absolute atomic E-state index is 0.561. The normalized spacial score (nSPS) is 15.6. The SMILES string of the molecule is CCOc1cc2c(cc1OC)C(=CC(=O)O)NCC2. The van der Waals surface area contributed by atoms with E-state index < -0.39 is 5.97 Å². The smallest absolute Gasteiger partial charge is 0.330 e. The summed E-state index contributed by atoms with van der Waals surface area (Å²) in [6.45, 7) is 3.19. The largest absolute Gasteiger partial charge is 0.493 e. The molecule has 0 saturated heterocycles. The number of carboxylic acid groups (broad SMARTS) is 1. The summed E-state index contributed by atoms with van der Waals surface area (Å²) in [5.41, 5.74) is 2.53. The molecule has 5 heteroatoms. The maximum atomic E-state index is 10.8. The average Bonchev–Trinajstić information content (AvgIpc) is 2.38. The van der Waals surface area contributed by atoms with Gasteiger partial charge in [0.05, 0.1) is 13.7 Å². The fraction of sp³-hybridized carbons (Fsp3) is 0.357. The van der Waals surface area contributed by atoms with E-state index in [1.165, 1.54) is 6.08 Å². The summed E-state index contributed by atoms with van der Waals surface area (Å²) in [6, 6.07) is 3.75. The summed E-state index contributed by atoms with van der Waals surface area (Å²) < 4.78 is 10.8. The number of aliphatic carboxylic acids is 1. The lowest BCUT2D eigenvalue weighted by molar-refractivity contribution is -0.131. The first-order valence-electron chi connectivity index (χ1n) is 6.18. The number of fused-ring (bicyclic) bond motifs is 1. The van der Waals surface area contributed by atoms with Gasteiger partial charge in [-0.05, 0) is 31.0 Å². The van der Waals surface area contributed by atoms with Crippen molar-refractivity contribution < 1.29 is 19.4 Å². The second kappa shape index (κ2) is 5.65. The molecule has 0 aromatic heterocycles. The Hall–Kier alpha value is -2.17. The van der Waals surface area contributed by atoms with Gasteiger partial charge in [0, 0.05) is 23.9 Å². The third-order valence-electron chi connectivity index (χ3n) is 2.96. The van der Waals surface area contributed by atoms with Crippen LogP contribution in [-0.4, -0.2) is 31.3 Å². The van der Waals surface area contributed by atoms with Crippen molar-refractivity contribution in [2.24, 2.45) is 0 Å². The Balaban J connectivity index is 2.49. The molecular weight excluding hydrogens is 246 g/mol. The van der Waals surface area contributed by atoms with Gasteiger partial charge in [0.15, 0.2) is 11.5 Å². The summed E-state index contributed by atoms with van der Waals surface area (Å²) in [6.07, 6.45) is 2.01. The minimum atomic E-state index is -0.969. The summed E-state index contributed by atoms with van der Waals surface area (Å²) in [4.78, 5) is 10.8. The van der Waals surface area contributed by atoms with Crippen molar-refractivity contribution in [1.29, 1.82) is 0 Å². The Morgan fingerprint density at radius 1 is 1.47 bits per heavy atom. The molecule has 1 aromatic rings. The maximum Gasteiger partial charge on any atom is 0.330 e. The molecule has 1 aliphatic rings. The van der Waals surface area contributed by atoms with E-state index in [4.69, 9.17) is 14.6 Å². The lowest BCUT2D eigenvalue weighted by atomic mass is 9.97. The van der Waals surface area contributed by atoms with Gasteiger partial charge in [0.1, 0.15) is 0 Å². The Labute approximate surface area is 111 Å². The van der Waals surface area contributed by atoms with E-state index in [-0.39, 0.29) is 0 Å². The number of benzene rings is 1. The van der Waals surface area contributed by atoms with Gasteiger partial charge in [0.2, 0.25) is 0 Å². The summed E-state index contributed by atoms with van der Waals surface area (Å²) in [5, 5.41) is 12.0. The number of hydrogen-bond donors (Lipinski definition) is 2. The third kappa shape index (κ3) is 2.81. The zero-order valence-corrected chi connectivity index (χ0v) is 11.0. The fourth-order valence-corrected chi connectivity index (χ4v) is 2.17. The molecule has 0 atom stereocenters. The Morgan fingerprint density at radius 2 is 2.26 bits per heavy atom. The minimum Gasteiger partial charge on any atom is -0.493 e. The van der Waals surface area contributed by atoms with Crippen LogP contribution in [0.3, 0.4) is 0 Å². The Kier molecular flexibility index (Phi) is 3.94. The average molecular weight is 263 g/mol. The first-order chi connectivity index (χ1) is 9.15. The predicted octanol–water partition coefficient (Wildman–Crippen LogP) is 1.67. The highest BCUT2D eigenvalue weighted by atomic mass is 16.5. The summed E-state index contributed by atoms with van der Waals surface area (Å²) >= 11 is 0. The quantitative estimate of drug-likeness (QED) is 0.809. The summed E-state index contributed by atoms with van der Waals surface area (Å²) in [5.74, 6) is 0.337. The number of carboxylic acids is 1. The molecule has 0 aliphatic carbocycles. The van der Waals surface area contributed by atoms with Crippen LogP contribution in [0.15, 0.2) is 18.2 Å². The predicted molar refractivity (Wildman–Crippen MR) is 71.5 cm³/mol. The highest BCUT2D eigenvalue weighted by molar-refractivity contribution is 5.90. The molecule has 0 amide bonds. The number of ether oxygens (including phenoxy) is 2. The van der Waals surface area contributed by atoms with Gasteiger partial charge < -0.3 is 19.9 Å². The number of hydrogen-bond acceptors (Lipinski definition) is 4. The van der Waals surface area contributed by atoms with Gasteiger partial charge in [-0.15, -0.1) is 0 Å². The van der Waals surface area contributed by atoms with Gasteiger partial charge >= 0.3 is 5.97 Å². The Morgan fingerprint density at radius 3 is 2.89 bits per heavy atom. The van der Waals surface area contributed by atoms with E-state index in [1.807, 2.05) is 19.1 Å². The second-order valence-corrected chi connectivity index (χ2v) is 4.17. The molecule has 0 unspecified atom stereocenters. The van der Waals surface area contributed by atoms with Crippen LogP contribution < -0.4 is 14.8 Å². The highest BCUT2D eigenvalue weighted by Crippen LogP contribution is 2.34. The zero-order chi connectivity index (χ0) is 13.8. The molecule has 1 aliphatic heterocycles. The molecule has 1 heterocycles. The molecule has 5 nitrogen and oxygen atoms in total. The topological polar surface area (TPSA) is 67.8 Å². The Bertz CT molecular complexity index is 522. The van der Waals surface area contributed by atoms with E-state index in [2.05, 4.69) is 5.32 Å². The second-order valence-electron chi connectivity index (χ2n) is 4.17. The maximum absolute atomic E-state index is 10.8.